The highest BCUT2D eigenvalue weighted by atomic mass is 16.2. The van der Waals surface area contributed by atoms with Crippen molar-refractivity contribution >= 4 is 5.91 Å². The van der Waals surface area contributed by atoms with E-state index < -0.39 is 11.5 Å². The Morgan fingerprint density at radius 2 is 1.82 bits per heavy atom. The average Bonchev–Trinajstić information content (AvgIpc) is 2.29. The number of carbonyl (C=O) groups is 1. The minimum atomic E-state index is -0.525. The summed E-state index contributed by atoms with van der Waals surface area (Å²) in [6, 6.07) is 11.0. The van der Waals surface area contributed by atoms with Gasteiger partial charge in [-0.3, -0.25) is 4.79 Å². The van der Waals surface area contributed by atoms with E-state index in [-0.39, 0.29) is 5.91 Å². The van der Waals surface area contributed by atoms with Gasteiger partial charge < -0.3 is 4.90 Å². The highest BCUT2D eigenvalue weighted by Crippen LogP contribution is 2.24. The molecule has 0 heterocycles. The third kappa shape index (κ3) is 3.07. The first-order valence-corrected chi connectivity index (χ1v) is 5.59. The first-order valence-electron chi connectivity index (χ1n) is 5.59. The third-order valence-electron chi connectivity index (χ3n) is 2.59. The van der Waals surface area contributed by atoms with Gasteiger partial charge in [-0.25, -0.2) is 0 Å². The molecule has 0 aliphatic carbocycles. The molecule has 0 aromatic heterocycles. The van der Waals surface area contributed by atoms with Crippen LogP contribution in [0, 0.1) is 16.7 Å². The lowest BCUT2D eigenvalue weighted by Crippen LogP contribution is -2.38. The van der Waals surface area contributed by atoms with Crippen LogP contribution >= 0.6 is 0 Å². The Bertz CT molecular complexity index is 426. The maximum Gasteiger partial charge on any atom is 0.229 e. The van der Waals surface area contributed by atoms with E-state index in [0.29, 0.717) is 0 Å². The van der Waals surface area contributed by atoms with Crippen molar-refractivity contribution in [1.82, 2.24) is 4.90 Å². The van der Waals surface area contributed by atoms with Crippen LogP contribution < -0.4 is 0 Å². The normalized spacial score (nSPS) is 12.6. The fraction of sp³-hybridized carbons (Fsp3) is 0.429. The first-order chi connectivity index (χ1) is 7.88. The summed E-state index contributed by atoms with van der Waals surface area (Å²) in [4.78, 5) is 13.6. The summed E-state index contributed by atoms with van der Waals surface area (Å²) in [5.41, 5.74) is 0.369. The first kappa shape index (κ1) is 13.2. The van der Waals surface area contributed by atoms with Crippen molar-refractivity contribution < 1.29 is 4.79 Å². The summed E-state index contributed by atoms with van der Waals surface area (Å²) in [5, 5.41) is 9.22. The molecule has 0 saturated carbocycles. The highest BCUT2D eigenvalue weighted by Gasteiger charge is 2.29. The zero-order chi connectivity index (χ0) is 13.1. The van der Waals surface area contributed by atoms with E-state index >= 15 is 0 Å². The predicted octanol–water partition coefficient (Wildman–Crippen LogP) is 2.76. The molecule has 3 nitrogen and oxygen atoms in total. The van der Waals surface area contributed by atoms with Gasteiger partial charge in [-0.15, -0.1) is 0 Å². The summed E-state index contributed by atoms with van der Waals surface area (Å²) in [7, 11) is 1.68. The molecule has 1 amide bonds. The SMILES string of the molecule is CN(C(=O)C(C)(C)C)C(C#N)c1ccccc1. The summed E-state index contributed by atoms with van der Waals surface area (Å²) >= 11 is 0. The van der Waals surface area contributed by atoms with Gasteiger partial charge in [-0.2, -0.15) is 5.26 Å². The molecule has 0 fully saturated rings. The lowest BCUT2D eigenvalue weighted by molar-refractivity contribution is -0.139. The summed E-state index contributed by atoms with van der Waals surface area (Å²) in [5.74, 6) is -0.0343. The van der Waals surface area contributed by atoms with Crippen molar-refractivity contribution in [2.45, 2.75) is 26.8 Å². The predicted molar refractivity (Wildman–Crippen MR) is 67.0 cm³/mol. The van der Waals surface area contributed by atoms with Crippen molar-refractivity contribution in [3.05, 3.63) is 35.9 Å². The maximum absolute atomic E-state index is 12.1. The molecule has 90 valence electrons. The summed E-state index contributed by atoms with van der Waals surface area (Å²) in [6.45, 7) is 5.56. The van der Waals surface area contributed by atoms with Gasteiger partial charge in [0.15, 0.2) is 0 Å². The quantitative estimate of drug-likeness (QED) is 0.784. The van der Waals surface area contributed by atoms with Crippen LogP contribution in [0.3, 0.4) is 0 Å². The molecule has 0 spiro atoms. The molecule has 1 aromatic carbocycles. The molecule has 3 heteroatoms. The van der Waals surface area contributed by atoms with E-state index in [2.05, 4.69) is 6.07 Å². The lowest BCUT2D eigenvalue weighted by atomic mass is 9.93. The second-order valence-electron chi connectivity index (χ2n) is 5.11. The summed E-state index contributed by atoms with van der Waals surface area (Å²) < 4.78 is 0. The Labute approximate surface area is 103 Å². The number of amides is 1. The van der Waals surface area contributed by atoms with Crippen LogP contribution in [0.1, 0.15) is 32.4 Å². The van der Waals surface area contributed by atoms with Gasteiger partial charge >= 0.3 is 0 Å². The lowest BCUT2D eigenvalue weighted by Gasteiger charge is -2.29. The minimum Gasteiger partial charge on any atom is -0.325 e. The number of benzene rings is 1. The molecule has 1 aromatic rings. The van der Waals surface area contributed by atoms with Crippen LogP contribution in [0.15, 0.2) is 30.3 Å². The molecule has 1 rings (SSSR count). The largest absolute Gasteiger partial charge is 0.325 e. The molecule has 0 radical (unpaired) electrons. The Morgan fingerprint density at radius 1 is 1.29 bits per heavy atom. The van der Waals surface area contributed by atoms with E-state index in [1.165, 1.54) is 4.90 Å². The second kappa shape index (κ2) is 5.01. The van der Waals surface area contributed by atoms with E-state index in [0.717, 1.165) is 5.56 Å². The number of carbonyl (C=O) groups excluding carboxylic acids is 1. The van der Waals surface area contributed by atoms with Gasteiger partial charge in [0.1, 0.15) is 6.04 Å². The number of hydrogen-bond acceptors (Lipinski definition) is 2. The van der Waals surface area contributed by atoms with Gasteiger partial charge in [0.05, 0.1) is 6.07 Å². The highest BCUT2D eigenvalue weighted by molar-refractivity contribution is 5.82. The molecule has 0 saturated heterocycles. The molecule has 17 heavy (non-hydrogen) atoms. The van der Waals surface area contributed by atoms with Crippen molar-refractivity contribution in [3.63, 3.8) is 0 Å². The van der Waals surface area contributed by atoms with Gasteiger partial charge in [-0.05, 0) is 5.56 Å². The van der Waals surface area contributed by atoms with E-state index in [9.17, 15) is 10.1 Å². The molecule has 0 aliphatic rings. The maximum atomic E-state index is 12.1. The Morgan fingerprint density at radius 3 is 2.24 bits per heavy atom. The number of nitrogens with zero attached hydrogens (tertiary/aromatic N) is 2. The van der Waals surface area contributed by atoms with E-state index in [1.54, 1.807) is 7.05 Å². The van der Waals surface area contributed by atoms with Crippen molar-refractivity contribution in [3.8, 4) is 6.07 Å². The van der Waals surface area contributed by atoms with E-state index in [1.807, 2.05) is 51.1 Å². The smallest absolute Gasteiger partial charge is 0.229 e. The van der Waals surface area contributed by atoms with Crippen LogP contribution in [0.2, 0.25) is 0 Å². The number of hydrogen-bond donors (Lipinski definition) is 0. The van der Waals surface area contributed by atoms with Gasteiger partial charge in [0.2, 0.25) is 5.91 Å². The van der Waals surface area contributed by atoms with Crippen molar-refractivity contribution in [2.75, 3.05) is 7.05 Å². The topological polar surface area (TPSA) is 44.1 Å². The summed E-state index contributed by atoms with van der Waals surface area (Å²) in [6.07, 6.45) is 0. The van der Waals surface area contributed by atoms with Crippen LogP contribution in [0.5, 0.6) is 0 Å². The van der Waals surface area contributed by atoms with Crippen molar-refractivity contribution in [1.29, 1.82) is 5.26 Å². The molecular weight excluding hydrogens is 212 g/mol. The van der Waals surface area contributed by atoms with E-state index in [4.69, 9.17) is 0 Å². The molecular formula is C14H18N2O. The van der Waals surface area contributed by atoms with Crippen LogP contribution in [0.25, 0.3) is 0 Å². The minimum absolute atomic E-state index is 0.0343. The fourth-order valence-electron chi connectivity index (χ4n) is 1.67. The molecule has 0 N–H and O–H groups in total. The molecule has 1 atom stereocenters. The van der Waals surface area contributed by atoms with Crippen LogP contribution in [0.4, 0.5) is 0 Å². The Balaban J connectivity index is 2.98. The third-order valence-corrected chi connectivity index (χ3v) is 2.59. The fourth-order valence-corrected chi connectivity index (χ4v) is 1.67. The van der Waals surface area contributed by atoms with Crippen molar-refractivity contribution in [2.24, 2.45) is 5.41 Å². The van der Waals surface area contributed by atoms with Gasteiger partial charge in [0, 0.05) is 12.5 Å². The van der Waals surface area contributed by atoms with Gasteiger partial charge in [-0.1, -0.05) is 51.1 Å². The standard InChI is InChI=1S/C14H18N2O/c1-14(2,3)13(17)16(4)12(10-15)11-8-6-5-7-9-11/h5-9,12H,1-4H3. The zero-order valence-electron chi connectivity index (χ0n) is 10.8. The zero-order valence-corrected chi connectivity index (χ0v) is 10.8. The van der Waals surface area contributed by atoms with Crippen LogP contribution in [-0.4, -0.2) is 17.9 Å². The average molecular weight is 230 g/mol. The number of rotatable bonds is 2. The molecule has 1 unspecified atom stereocenters. The Kier molecular flexibility index (Phi) is 3.90. The number of nitriles is 1. The molecule has 0 aliphatic heterocycles. The van der Waals surface area contributed by atoms with Crippen LogP contribution in [-0.2, 0) is 4.79 Å². The molecule has 0 bridgehead atoms. The monoisotopic (exact) mass is 230 g/mol. The van der Waals surface area contributed by atoms with Gasteiger partial charge in [0.25, 0.3) is 0 Å². The Hall–Kier alpha value is -1.82. The second-order valence-corrected chi connectivity index (χ2v) is 5.11.